The summed E-state index contributed by atoms with van der Waals surface area (Å²) in [6, 6.07) is 13.0. The Morgan fingerprint density at radius 1 is 1.00 bits per heavy atom. The quantitative estimate of drug-likeness (QED) is 0.545. The Labute approximate surface area is 212 Å². The van der Waals surface area contributed by atoms with Crippen LogP contribution in [0.15, 0.2) is 42.5 Å². The molecule has 0 aromatic heterocycles. The average Bonchev–Trinajstić information content (AvgIpc) is 3.22. The largest absolute Gasteiger partial charge is 0.455 e. The zero-order valence-corrected chi connectivity index (χ0v) is 21.6. The van der Waals surface area contributed by atoms with Gasteiger partial charge in [0, 0.05) is 17.7 Å². The minimum absolute atomic E-state index is 0.0102. The van der Waals surface area contributed by atoms with Gasteiger partial charge in [0.15, 0.2) is 6.61 Å². The molecule has 0 bridgehead atoms. The van der Waals surface area contributed by atoms with Gasteiger partial charge in [0.2, 0.25) is 5.91 Å². The lowest BCUT2D eigenvalue weighted by Crippen LogP contribution is -2.43. The van der Waals surface area contributed by atoms with E-state index in [1.165, 1.54) is 0 Å². The van der Waals surface area contributed by atoms with Crippen LogP contribution < -0.4 is 10.7 Å². The highest BCUT2D eigenvalue weighted by Gasteiger charge is 2.36. The number of aryl methyl sites for hydroxylation is 2. The van der Waals surface area contributed by atoms with Crippen molar-refractivity contribution in [1.29, 1.82) is 0 Å². The maximum absolute atomic E-state index is 12.6. The molecule has 0 aliphatic carbocycles. The maximum Gasteiger partial charge on any atom is 0.311 e. The highest BCUT2D eigenvalue weighted by atomic mass is 16.5. The van der Waals surface area contributed by atoms with E-state index in [1.54, 1.807) is 12.1 Å². The van der Waals surface area contributed by atoms with Crippen molar-refractivity contribution in [2.24, 2.45) is 5.92 Å². The molecule has 1 atom stereocenters. The normalized spacial score (nSPS) is 15.5. The lowest BCUT2D eigenvalue weighted by molar-refractivity contribution is -0.151. The highest BCUT2D eigenvalue weighted by Crippen LogP contribution is 2.24. The molecule has 0 spiro atoms. The van der Waals surface area contributed by atoms with Gasteiger partial charge < -0.3 is 10.1 Å². The first-order valence-corrected chi connectivity index (χ1v) is 12.3. The number of hydrogen-bond acceptors (Lipinski definition) is 5. The van der Waals surface area contributed by atoms with E-state index in [-0.39, 0.29) is 24.3 Å². The van der Waals surface area contributed by atoms with Crippen molar-refractivity contribution in [3.8, 4) is 0 Å². The van der Waals surface area contributed by atoms with E-state index >= 15 is 0 Å². The van der Waals surface area contributed by atoms with E-state index < -0.39 is 30.3 Å². The lowest BCUT2D eigenvalue weighted by atomic mass is 9.87. The van der Waals surface area contributed by atoms with Gasteiger partial charge in [0.05, 0.1) is 12.5 Å². The third kappa shape index (κ3) is 6.50. The number of nitrogens with one attached hydrogen (secondary N) is 2. The first-order valence-electron chi connectivity index (χ1n) is 12.3. The van der Waals surface area contributed by atoms with E-state index in [4.69, 9.17) is 4.74 Å². The standard InChI is InChI=1S/C28H35N3O5/c1-6-18-9-8-10-19(7-2)25(18)29-23(32)17-36-27(35)21-15-24(33)31(16-21)30-26(34)20-11-13-22(14-12-20)28(3,4)5/h8-14,21H,6-7,15-17H2,1-5H3,(H,29,32)(H,30,34)/t21-/m0/s1. The molecule has 36 heavy (non-hydrogen) atoms. The summed E-state index contributed by atoms with van der Waals surface area (Å²) in [4.78, 5) is 50.0. The smallest absolute Gasteiger partial charge is 0.311 e. The van der Waals surface area contributed by atoms with Gasteiger partial charge in [-0.05, 0) is 47.1 Å². The second-order valence-electron chi connectivity index (χ2n) is 9.99. The Bertz CT molecular complexity index is 1110. The predicted octanol–water partition coefficient (Wildman–Crippen LogP) is 3.78. The third-order valence-electron chi connectivity index (χ3n) is 6.32. The summed E-state index contributed by atoms with van der Waals surface area (Å²) in [5, 5.41) is 3.99. The maximum atomic E-state index is 12.6. The van der Waals surface area contributed by atoms with Crippen LogP contribution in [0.3, 0.4) is 0 Å². The van der Waals surface area contributed by atoms with Crippen LogP contribution in [0.25, 0.3) is 0 Å². The minimum atomic E-state index is -0.761. The predicted molar refractivity (Wildman–Crippen MR) is 137 cm³/mol. The van der Waals surface area contributed by atoms with Gasteiger partial charge in [-0.25, -0.2) is 0 Å². The Morgan fingerprint density at radius 2 is 1.61 bits per heavy atom. The molecule has 1 aliphatic rings. The summed E-state index contributed by atoms with van der Waals surface area (Å²) in [6.45, 7) is 9.81. The highest BCUT2D eigenvalue weighted by molar-refractivity contribution is 5.97. The number of para-hydroxylation sites is 1. The summed E-state index contributed by atoms with van der Waals surface area (Å²) < 4.78 is 5.20. The molecule has 3 rings (SSSR count). The van der Waals surface area contributed by atoms with Gasteiger partial charge in [0.1, 0.15) is 0 Å². The number of hydrogen-bond donors (Lipinski definition) is 2. The van der Waals surface area contributed by atoms with Gasteiger partial charge >= 0.3 is 5.97 Å². The number of rotatable bonds is 8. The van der Waals surface area contributed by atoms with Gasteiger partial charge in [-0.1, -0.05) is 65.0 Å². The van der Waals surface area contributed by atoms with Crippen molar-refractivity contribution in [3.05, 3.63) is 64.7 Å². The van der Waals surface area contributed by atoms with Crippen LogP contribution in [0, 0.1) is 5.92 Å². The number of benzene rings is 2. The molecule has 8 heteroatoms. The Morgan fingerprint density at radius 3 is 2.17 bits per heavy atom. The van der Waals surface area contributed by atoms with Crippen LogP contribution in [0.1, 0.15) is 68.1 Å². The Kier molecular flexibility index (Phi) is 8.50. The first kappa shape index (κ1) is 26.9. The molecule has 1 saturated heterocycles. The molecular weight excluding hydrogens is 458 g/mol. The molecule has 0 radical (unpaired) electrons. The second-order valence-corrected chi connectivity index (χ2v) is 9.99. The number of anilines is 1. The van der Waals surface area contributed by atoms with Crippen molar-refractivity contribution in [3.63, 3.8) is 0 Å². The van der Waals surface area contributed by atoms with Gasteiger partial charge in [0.25, 0.3) is 11.8 Å². The van der Waals surface area contributed by atoms with Crippen molar-refractivity contribution in [2.45, 2.75) is 59.3 Å². The molecule has 0 unspecified atom stereocenters. The van der Waals surface area contributed by atoms with Crippen LogP contribution >= 0.6 is 0 Å². The molecule has 3 amide bonds. The van der Waals surface area contributed by atoms with E-state index in [0.29, 0.717) is 5.56 Å². The zero-order valence-electron chi connectivity index (χ0n) is 21.6. The molecule has 8 nitrogen and oxygen atoms in total. The van der Waals surface area contributed by atoms with E-state index in [1.807, 2.05) is 44.2 Å². The first-order chi connectivity index (χ1) is 17.0. The van der Waals surface area contributed by atoms with Gasteiger partial charge in [-0.3, -0.25) is 29.6 Å². The summed E-state index contributed by atoms with van der Waals surface area (Å²) in [5.41, 5.74) is 6.81. The topological polar surface area (TPSA) is 105 Å². The number of esters is 1. The summed E-state index contributed by atoms with van der Waals surface area (Å²) in [7, 11) is 0. The van der Waals surface area contributed by atoms with Crippen LogP contribution in [-0.4, -0.2) is 41.9 Å². The fourth-order valence-electron chi connectivity index (χ4n) is 4.12. The molecule has 1 heterocycles. The van der Waals surface area contributed by atoms with Gasteiger partial charge in [-0.15, -0.1) is 0 Å². The number of amides is 3. The number of hydrazine groups is 1. The minimum Gasteiger partial charge on any atom is -0.455 e. The Hall–Kier alpha value is -3.68. The average molecular weight is 494 g/mol. The summed E-state index contributed by atoms with van der Waals surface area (Å²) in [5.74, 6) is -2.66. The monoisotopic (exact) mass is 493 g/mol. The van der Waals surface area contributed by atoms with E-state index in [0.717, 1.165) is 40.2 Å². The van der Waals surface area contributed by atoms with Gasteiger partial charge in [-0.2, -0.15) is 0 Å². The second kappa shape index (κ2) is 11.4. The van der Waals surface area contributed by atoms with Crippen molar-refractivity contribution < 1.29 is 23.9 Å². The van der Waals surface area contributed by atoms with E-state index in [2.05, 4.69) is 31.5 Å². The fraction of sp³-hybridized carbons (Fsp3) is 0.429. The van der Waals surface area contributed by atoms with Crippen molar-refractivity contribution in [1.82, 2.24) is 10.4 Å². The third-order valence-corrected chi connectivity index (χ3v) is 6.32. The van der Waals surface area contributed by atoms with Crippen molar-refractivity contribution >= 4 is 29.4 Å². The number of carbonyl (C=O) groups excluding carboxylic acids is 4. The molecule has 192 valence electrons. The van der Waals surface area contributed by atoms with Crippen LogP contribution in [-0.2, 0) is 37.4 Å². The molecule has 1 fully saturated rings. The number of nitrogens with zero attached hydrogens (tertiary/aromatic N) is 1. The number of ether oxygens (including phenoxy) is 1. The molecule has 1 aliphatic heterocycles. The van der Waals surface area contributed by atoms with Crippen LogP contribution in [0.5, 0.6) is 0 Å². The SMILES string of the molecule is CCc1cccc(CC)c1NC(=O)COC(=O)[C@H]1CC(=O)N(NC(=O)c2ccc(C(C)(C)C)cc2)C1. The Balaban J connectivity index is 1.52. The summed E-state index contributed by atoms with van der Waals surface area (Å²) in [6.07, 6.45) is 1.42. The molecule has 0 saturated carbocycles. The van der Waals surface area contributed by atoms with Crippen molar-refractivity contribution in [2.75, 3.05) is 18.5 Å². The summed E-state index contributed by atoms with van der Waals surface area (Å²) >= 11 is 0. The van der Waals surface area contributed by atoms with Crippen LogP contribution in [0.4, 0.5) is 5.69 Å². The lowest BCUT2D eigenvalue weighted by Gasteiger charge is -2.20. The van der Waals surface area contributed by atoms with E-state index in [9.17, 15) is 19.2 Å². The molecule has 2 aromatic carbocycles. The fourth-order valence-corrected chi connectivity index (χ4v) is 4.12. The zero-order chi connectivity index (χ0) is 26.5. The molecular formula is C28H35N3O5. The molecule has 2 N–H and O–H groups in total. The number of carbonyl (C=O) groups is 4. The molecule has 2 aromatic rings. The van der Waals surface area contributed by atoms with Crippen LogP contribution in [0.2, 0.25) is 0 Å².